The van der Waals surface area contributed by atoms with Crippen molar-refractivity contribution in [1.29, 1.82) is 0 Å². The number of carbonyl (C=O) groups excluding carboxylic acids is 3. The van der Waals surface area contributed by atoms with Gasteiger partial charge in [-0.2, -0.15) is 0 Å². The van der Waals surface area contributed by atoms with E-state index in [-0.39, 0.29) is 113 Å². The number of unbranched alkanes of at least 4 members (excludes halogenated alkanes) is 42. The third-order valence-electron chi connectivity index (χ3n) is 12.1. The minimum absolute atomic E-state index is 0. The summed E-state index contributed by atoms with van der Waals surface area (Å²) in [4.78, 5) is 30.7. The van der Waals surface area contributed by atoms with Gasteiger partial charge in [0.15, 0.2) is 0 Å². The summed E-state index contributed by atoms with van der Waals surface area (Å²) in [6.07, 6.45) is 54.8. The SMILES string of the molecule is O=C([O-])CCCCCCCCCCCCCCCCC[O-].O=C([O-])CCCCCCCCCCCCCCCCC[O-].O=C([O-])CCCCCCCCCCCCCCCCC[O-].[Al+3].[Li+].[Li+].[Li+]. The maximum atomic E-state index is 10.3. The molecule has 0 fully saturated rings. The number of rotatable bonds is 51. The van der Waals surface area contributed by atoms with E-state index in [1.54, 1.807) is 0 Å². The van der Waals surface area contributed by atoms with Crippen LogP contribution in [0.4, 0.5) is 0 Å². The van der Waals surface area contributed by atoms with Crippen molar-refractivity contribution in [3.63, 3.8) is 0 Å². The normalized spacial score (nSPS) is 10.3. The molecule has 0 amide bonds. The van der Waals surface area contributed by atoms with Gasteiger partial charge in [0.1, 0.15) is 0 Å². The number of carboxylic acid groups (broad SMARTS) is 3. The third-order valence-corrected chi connectivity index (χ3v) is 12.1. The van der Waals surface area contributed by atoms with E-state index in [2.05, 4.69) is 0 Å². The summed E-state index contributed by atoms with van der Waals surface area (Å²) in [5.41, 5.74) is 0. The topological polar surface area (TPSA) is 190 Å². The van der Waals surface area contributed by atoms with Crippen LogP contribution in [-0.2, 0) is 14.4 Å². The van der Waals surface area contributed by atoms with Crippen LogP contribution in [0.25, 0.3) is 0 Å². The summed E-state index contributed by atoms with van der Waals surface area (Å²) >= 11 is 0. The van der Waals surface area contributed by atoms with E-state index >= 15 is 0 Å². The Kier molecular flexibility index (Phi) is 95.1. The molecule has 0 aromatic carbocycles. The van der Waals surface area contributed by atoms with Gasteiger partial charge in [0.2, 0.25) is 0 Å². The van der Waals surface area contributed by atoms with Crippen LogP contribution in [0, 0.1) is 0 Å². The fraction of sp³-hybridized carbons (Fsp3) is 0.944. The Morgan fingerprint density at radius 1 is 0.194 bits per heavy atom. The van der Waals surface area contributed by atoms with Gasteiger partial charge in [-0.3, -0.25) is 0 Å². The predicted octanol–water partition coefficient (Wildman–Crippen LogP) is 0.646. The fourth-order valence-electron chi connectivity index (χ4n) is 8.01. The first-order valence-corrected chi connectivity index (χ1v) is 27.2. The summed E-state index contributed by atoms with van der Waals surface area (Å²) in [7, 11) is 0. The third kappa shape index (κ3) is 93.2. The van der Waals surface area contributed by atoms with Crippen molar-refractivity contribution >= 4 is 35.3 Å². The van der Waals surface area contributed by atoms with Crippen LogP contribution >= 0.6 is 0 Å². The van der Waals surface area contributed by atoms with Crippen molar-refractivity contribution in [2.75, 3.05) is 19.8 Å². The molecule has 0 spiro atoms. The average Bonchev–Trinajstić information content (AvgIpc) is 3.26. The zero-order valence-electron chi connectivity index (χ0n) is 44.8. The molecule has 0 unspecified atom stereocenters. The van der Waals surface area contributed by atoms with Gasteiger partial charge in [-0.25, -0.2) is 0 Å². The van der Waals surface area contributed by atoms with Crippen LogP contribution in [0.1, 0.15) is 308 Å². The second kappa shape index (κ2) is 78.1. The Morgan fingerprint density at radius 3 is 0.373 bits per heavy atom. The fourth-order valence-corrected chi connectivity index (χ4v) is 8.01. The molecule has 0 aliphatic rings. The van der Waals surface area contributed by atoms with Crippen molar-refractivity contribution in [3.05, 3.63) is 0 Å². The molecule has 0 aromatic rings. The molecule has 0 aliphatic carbocycles. The van der Waals surface area contributed by atoms with Gasteiger partial charge in [0.05, 0.1) is 0 Å². The Labute approximate surface area is 461 Å². The van der Waals surface area contributed by atoms with Gasteiger partial charge in [0, 0.05) is 17.9 Å². The van der Waals surface area contributed by atoms with E-state index in [9.17, 15) is 45.0 Å². The van der Waals surface area contributed by atoms with Crippen molar-refractivity contribution in [2.24, 2.45) is 0 Å². The first kappa shape index (κ1) is 81.7. The predicted molar refractivity (Wildman–Crippen MR) is 257 cm³/mol. The molecule has 0 bridgehead atoms. The zero-order valence-corrected chi connectivity index (χ0v) is 46.0. The summed E-state index contributed by atoms with van der Waals surface area (Å²) < 4.78 is 0. The van der Waals surface area contributed by atoms with E-state index in [0.717, 1.165) is 96.3 Å². The molecule has 67 heavy (non-hydrogen) atoms. The van der Waals surface area contributed by atoms with Crippen LogP contribution in [0.3, 0.4) is 0 Å². The summed E-state index contributed by atoms with van der Waals surface area (Å²) in [6, 6.07) is 0. The quantitative estimate of drug-likeness (QED) is 0.0623. The molecule has 0 rings (SSSR count). The van der Waals surface area contributed by atoms with Crippen molar-refractivity contribution < 1.29 is 102 Å². The van der Waals surface area contributed by atoms with E-state index in [1.807, 2.05) is 0 Å². The minimum Gasteiger partial charge on any atom is -0.854 e. The zero-order chi connectivity index (χ0) is 46.8. The number of hydrogen-bond acceptors (Lipinski definition) is 9. The van der Waals surface area contributed by atoms with Crippen LogP contribution in [0.15, 0.2) is 0 Å². The van der Waals surface area contributed by atoms with Gasteiger partial charge in [0.25, 0.3) is 0 Å². The molecule has 0 atom stereocenters. The number of hydrogen-bond donors (Lipinski definition) is 0. The molecule has 378 valence electrons. The average molecular weight is 943 g/mol. The second-order valence-electron chi connectivity index (χ2n) is 18.4. The van der Waals surface area contributed by atoms with Gasteiger partial charge < -0.3 is 45.0 Å². The molecule has 9 nitrogen and oxygen atoms in total. The molecule has 13 heteroatoms. The Bertz CT molecular complexity index is 784. The molecular formula is C54H102AlLi3O9. The standard InChI is InChI=1S/3C18H35O3.Al.3Li/c3*19-17-15-13-11-9-7-5-3-1-2-4-6-8-10-12-14-16-18(20)21;;;;/h3*1-17H2,(H,20,21);;;;/q3*-1;+3;3*+1/p-3. The first-order valence-electron chi connectivity index (χ1n) is 27.2. The van der Waals surface area contributed by atoms with E-state index in [0.29, 0.717) is 0 Å². The molecule has 0 saturated carbocycles. The largest absolute Gasteiger partial charge is 3.00 e. The van der Waals surface area contributed by atoms with E-state index in [4.69, 9.17) is 0 Å². The number of carboxylic acids is 3. The Morgan fingerprint density at radius 2 is 0.284 bits per heavy atom. The monoisotopic (exact) mass is 943 g/mol. The van der Waals surface area contributed by atoms with Gasteiger partial charge in [-0.15, -0.1) is 19.8 Å². The van der Waals surface area contributed by atoms with E-state index in [1.165, 1.54) is 193 Å². The van der Waals surface area contributed by atoms with Crippen molar-refractivity contribution in [2.45, 2.75) is 308 Å². The summed E-state index contributed by atoms with van der Waals surface area (Å²) in [5.74, 6) is -2.75. The molecule has 0 aromatic heterocycles. The van der Waals surface area contributed by atoms with Crippen LogP contribution in [0.5, 0.6) is 0 Å². The molecule has 0 saturated heterocycles. The summed E-state index contributed by atoms with van der Waals surface area (Å²) in [6.45, 7) is 0.282. The van der Waals surface area contributed by atoms with Gasteiger partial charge in [-0.1, -0.05) is 270 Å². The smallest absolute Gasteiger partial charge is 0.854 e. The van der Waals surface area contributed by atoms with Gasteiger partial charge >= 0.3 is 73.9 Å². The summed E-state index contributed by atoms with van der Waals surface area (Å²) in [5, 5.41) is 61.5. The molecule has 0 N–H and O–H groups in total. The molecule has 0 radical (unpaired) electrons. The Balaban J connectivity index is -0.000000157. The van der Waals surface area contributed by atoms with Crippen molar-refractivity contribution in [3.8, 4) is 0 Å². The van der Waals surface area contributed by atoms with Crippen LogP contribution < -0.4 is 87.2 Å². The van der Waals surface area contributed by atoms with E-state index < -0.39 is 17.9 Å². The maximum absolute atomic E-state index is 10.3. The molecule has 0 aliphatic heterocycles. The second-order valence-corrected chi connectivity index (χ2v) is 18.4. The number of carbonyl (C=O) groups is 3. The number of aliphatic carboxylic acids is 3. The van der Waals surface area contributed by atoms with Crippen LogP contribution in [0.2, 0.25) is 0 Å². The van der Waals surface area contributed by atoms with Crippen molar-refractivity contribution in [1.82, 2.24) is 0 Å². The minimum atomic E-state index is -0.916. The van der Waals surface area contributed by atoms with Crippen LogP contribution in [-0.4, -0.2) is 55.1 Å². The Hall–Kier alpha value is 0.615. The molecule has 0 heterocycles. The molecular weight excluding hydrogens is 840 g/mol. The maximum Gasteiger partial charge on any atom is 3.00 e. The first-order chi connectivity index (χ1) is 30.8. The van der Waals surface area contributed by atoms with Gasteiger partial charge in [-0.05, 0) is 38.5 Å².